The van der Waals surface area contributed by atoms with Gasteiger partial charge in [0, 0.05) is 11.4 Å². The average molecular weight is 386 g/mol. The summed E-state index contributed by atoms with van der Waals surface area (Å²) in [7, 11) is 0. The van der Waals surface area contributed by atoms with Crippen LogP contribution in [0.2, 0.25) is 0 Å². The summed E-state index contributed by atoms with van der Waals surface area (Å²) >= 11 is 1.39. The third kappa shape index (κ3) is 5.75. The summed E-state index contributed by atoms with van der Waals surface area (Å²) < 4.78 is 0.692. The van der Waals surface area contributed by atoms with Crippen LogP contribution in [0.1, 0.15) is 10.5 Å². The Kier molecular flexibility index (Phi) is 7.20. The second-order valence-electron chi connectivity index (χ2n) is 5.32. The Morgan fingerprint density at radius 1 is 1.07 bits per heavy atom. The van der Waals surface area contributed by atoms with Crippen molar-refractivity contribution in [3.05, 3.63) is 65.2 Å². The van der Waals surface area contributed by atoms with Crippen molar-refractivity contribution in [2.75, 3.05) is 18.4 Å². The molecule has 0 spiro atoms. The number of carbonyl (C=O) groups is 1. The van der Waals surface area contributed by atoms with E-state index >= 15 is 0 Å². The Bertz CT molecular complexity index is 913. The third-order valence-electron chi connectivity index (χ3n) is 3.27. The first-order valence-electron chi connectivity index (χ1n) is 7.98. The predicted octanol–water partition coefficient (Wildman–Crippen LogP) is 0.463. The lowest BCUT2D eigenvalue weighted by Gasteiger charge is -2.09. The summed E-state index contributed by atoms with van der Waals surface area (Å²) in [5.74, 6) is -0.0516. The van der Waals surface area contributed by atoms with Crippen molar-refractivity contribution in [1.29, 1.82) is 0 Å². The maximum absolute atomic E-state index is 12.6. The molecular weight excluding hydrogens is 364 g/mol. The summed E-state index contributed by atoms with van der Waals surface area (Å²) in [6.45, 7) is 0.478. The maximum Gasteiger partial charge on any atom is 0.271 e. The van der Waals surface area contributed by atoms with Gasteiger partial charge in [0.25, 0.3) is 5.91 Å². The van der Waals surface area contributed by atoms with Crippen molar-refractivity contribution >= 4 is 33.4 Å². The number of fused-ring (bicyclic) bond motifs is 1. The highest BCUT2D eigenvalue weighted by Crippen LogP contribution is 2.23. The second-order valence-corrected chi connectivity index (χ2v) is 6.24. The number of anilines is 1. The van der Waals surface area contributed by atoms with Gasteiger partial charge in [0.1, 0.15) is 0 Å². The SMILES string of the molecule is N/C=C\C=C(/N)CNC(=O)c1nc(NC/C(N)=C/C=C\N)nc2ccsc12. The summed E-state index contributed by atoms with van der Waals surface area (Å²) in [6, 6.07) is 1.82. The van der Waals surface area contributed by atoms with Crippen LogP contribution in [0, 0.1) is 0 Å². The van der Waals surface area contributed by atoms with Gasteiger partial charge in [-0.05, 0) is 48.2 Å². The fourth-order valence-corrected chi connectivity index (χ4v) is 2.84. The summed E-state index contributed by atoms with van der Waals surface area (Å²) in [6.07, 6.45) is 9.22. The number of nitrogens with two attached hydrogens (primary N) is 4. The molecule has 0 aromatic carbocycles. The third-order valence-corrected chi connectivity index (χ3v) is 4.18. The Morgan fingerprint density at radius 3 is 2.41 bits per heavy atom. The highest BCUT2D eigenvalue weighted by molar-refractivity contribution is 7.17. The monoisotopic (exact) mass is 386 g/mol. The van der Waals surface area contributed by atoms with Crippen molar-refractivity contribution in [3.63, 3.8) is 0 Å². The highest BCUT2D eigenvalue weighted by Gasteiger charge is 2.16. The molecule has 1 amide bonds. The first kappa shape index (κ1) is 19.8. The van der Waals surface area contributed by atoms with E-state index in [0.29, 0.717) is 34.1 Å². The number of nitrogens with zero attached hydrogens (tertiary/aromatic N) is 2. The van der Waals surface area contributed by atoms with Crippen LogP contribution < -0.4 is 33.6 Å². The smallest absolute Gasteiger partial charge is 0.271 e. The number of amides is 1. The molecule has 0 aliphatic heterocycles. The molecule has 0 saturated carbocycles. The lowest BCUT2D eigenvalue weighted by molar-refractivity contribution is 0.0954. The Labute approximate surface area is 160 Å². The molecule has 2 heterocycles. The number of thiophene rings is 1. The van der Waals surface area contributed by atoms with Gasteiger partial charge in [-0.25, -0.2) is 9.97 Å². The molecule has 142 valence electrons. The average Bonchev–Trinajstić information content (AvgIpc) is 3.15. The van der Waals surface area contributed by atoms with Gasteiger partial charge in [-0.1, -0.05) is 0 Å². The number of nitrogens with one attached hydrogen (secondary N) is 2. The molecule has 0 atom stereocenters. The minimum absolute atomic E-state index is 0.171. The van der Waals surface area contributed by atoms with Crippen molar-refractivity contribution < 1.29 is 4.79 Å². The van der Waals surface area contributed by atoms with E-state index in [1.54, 1.807) is 24.3 Å². The van der Waals surface area contributed by atoms with Gasteiger partial charge < -0.3 is 33.6 Å². The van der Waals surface area contributed by atoms with E-state index in [1.165, 1.54) is 23.7 Å². The summed E-state index contributed by atoms with van der Waals surface area (Å²) in [5, 5.41) is 7.58. The van der Waals surface area contributed by atoms with Crippen molar-refractivity contribution in [2.45, 2.75) is 0 Å². The summed E-state index contributed by atoms with van der Waals surface area (Å²) in [5.41, 5.74) is 24.1. The number of rotatable bonds is 8. The fraction of sp³-hybridized carbons (Fsp3) is 0.118. The quantitative estimate of drug-likeness (QED) is 0.355. The van der Waals surface area contributed by atoms with E-state index in [-0.39, 0.29) is 18.1 Å². The normalized spacial score (nSPS) is 12.9. The number of hydrogen-bond acceptors (Lipinski definition) is 9. The van der Waals surface area contributed by atoms with Gasteiger partial charge >= 0.3 is 0 Å². The molecule has 2 rings (SSSR count). The molecular formula is C17H22N8OS. The zero-order chi connectivity index (χ0) is 19.6. The van der Waals surface area contributed by atoms with E-state index in [9.17, 15) is 4.79 Å². The number of allylic oxidation sites excluding steroid dienone is 4. The van der Waals surface area contributed by atoms with E-state index < -0.39 is 0 Å². The minimum Gasteiger partial charge on any atom is -0.405 e. The zero-order valence-electron chi connectivity index (χ0n) is 14.6. The van der Waals surface area contributed by atoms with Crippen molar-refractivity contribution in [2.24, 2.45) is 22.9 Å². The van der Waals surface area contributed by atoms with Gasteiger partial charge in [-0.15, -0.1) is 11.3 Å². The van der Waals surface area contributed by atoms with E-state index in [0.717, 1.165) is 0 Å². The van der Waals surface area contributed by atoms with Gasteiger partial charge in [-0.3, -0.25) is 4.79 Å². The number of aromatic nitrogens is 2. The van der Waals surface area contributed by atoms with Crippen molar-refractivity contribution in [1.82, 2.24) is 15.3 Å². The molecule has 0 radical (unpaired) electrons. The number of hydrogen-bond donors (Lipinski definition) is 6. The first-order valence-corrected chi connectivity index (χ1v) is 8.86. The molecule has 0 unspecified atom stereocenters. The Hall–Kier alpha value is -3.53. The van der Waals surface area contributed by atoms with E-state index in [4.69, 9.17) is 22.9 Å². The molecule has 2 aromatic rings. The second kappa shape index (κ2) is 9.82. The number of carbonyl (C=O) groups excluding carboxylic acids is 1. The van der Waals surface area contributed by atoms with Crippen LogP contribution in [0.15, 0.2) is 59.5 Å². The van der Waals surface area contributed by atoms with Gasteiger partial charge in [0.15, 0.2) is 5.69 Å². The minimum atomic E-state index is -0.351. The Balaban J connectivity index is 2.17. The molecule has 2 aromatic heterocycles. The van der Waals surface area contributed by atoms with Crippen LogP contribution in [-0.4, -0.2) is 29.0 Å². The largest absolute Gasteiger partial charge is 0.405 e. The topological polar surface area (TPSA) is 171 Å². The Morgan fingerprint density at radius 2 is 1.74 bits per heavy atom. The van der Waals surface area contributed by atoms with Crippen molar-refractivity contribution in [3.8, 4) is 0 Å². The van der Waals surface area contributed by atoms with E-state index in [1.807, 2.05) is 11.4 Å². The van der Waals surface area contributed by atoms with Crippen LogP contribution in [0.3, 0.4) is 0 Å². The van der Waals surface area contributed by atoms with Crippen LogP contribution in [-0.2, 0) is 0 Å². The molecule has 0 fully saturated rings. The highest BCUT2D eigenvalue weighted by atomic mass is 32.1. The molecule has 10 N–H and O–H groups in total. The van der Waals surface area contributed by atoms with Crippen LogP contribution >= 0.6 is 11.3 Å². The lowest BCUT2D eigenvalue weighted by Crippen LogP contribution is -2.29. The van der Waals surface area contributed by atoms with Crippen LogP contribution in [0.25, 0.3) is 10.2 Å². The predicted molar refractivity (Wildman–Crippen MR) is 109 cm³/mol. The van der Waals surface area contributed by atoms with Gasteiger partial charge in [-0.2, -0.15) is 0 Å². The molecule has 9 nitrogen and oxygen atoms in total. The zero-order valence-corrected chi connectivity index (χ0v) is 15.4. The lowest BCUT2D eigenvalue weighted by atomic mass is 10.3. The van der Waals surface area contributed by atoms with Crippen LogP contribution in [0.4, 0.5) is 5.95 Å². The molecule has 10 heteroatoms. The molecule has 0 bridgehead atoms. The molecule has 27 heavy (non-hydrogen) atoms. The van der Waals surface area contributed by atoms with Gasteiger partial charge in [0.05, 0.1) is 23.3 Å². The fourth-order valence-electron chi connectivity index (χ4n) is 2.02. The van der Waals surface area contributed by atoms with Crippen LogP contribution in [0.5, 0.6) is 0 Å². The molecule has 0 aliphatic rings. The van der Waals surface area contributed by atoms with Gasteiger partial charge in [0.2, 0.25) is 5.95 Å². The first-order chi connectivity index (χ1) is 13.0. The van der Waals surface area contributed by atoms with E-state index in [2.05, 4.69) is 20.6 Å². The maximum atomic E-state index is 12.6. The standard InChI is InChI=1S/C17H22N8OS/c18-6-1-3-11(20)9-22-16(26)14-15-13(5-8-27-15)24-17(25-14)23-10-12(21)4-2-7-19/h1-8H,9-10,18-21H2,(H,22,26)(H,23,24,25)/b6-1-,7-2-,11-3-,12-4-. The molecule has 0 aliphatic carbocycles. The molecule has 0 saturated heterocycles. The summed E-state index contributed by atoms with van der Waals surface area (Å²) in [4.78, 5) is 21.3.